The van der Waals surface area contributed by atoms with Gasteiger partial charge in [0.15, 0.2) is 11.2 Å². The molecule has 0 aliphatic rings. The van der Waals surface area contributed by atoms with Crippen LogP contribution in [0.25, 0.3) is 11.0 Å². The zero-order valence-electron chi connectivity index (χ0n) is 70.5. The first kappa shape index (κ1) is 116. The first-order valence-corrected chi connectivity index (χ1v) is 40.5. The summed E-state index contributed by atoms with van der Waals surface area (Å²) in [5.41, 5.74) is 5.82. The molecule has 0 aliphatic carbocycles. The third kappa shape index (κ3) is 44.1. The number of fused-ring (bicyclic) bond motifs is 1. The molecular formula is C88H121B5BrCl4F2MgN7O13. The molecule has 9 aromatic rings. The van der Waals surface area contributed by atoms with Crippen molar-refractivity contribution in [3.8, 4) is 0 Å². The van der Waals surface area contributed by atoms with Crippen molar-refractivity contribution in [3.63, 3.8) is 0 Å². The van der Waals surface area contributed by atoms with Crippen LogP contribution < -0.4 is 48.5 Å². The number of ketones is 2. The second-order valence-corrected chi connectivity index (χ2v) is 31.5. The summed E-state index contributed by atoms with van der Waals surface area (Å²) in [6.07, 6.45) is 8.01. The molecule has 11 N–H and O–H groups in total. The van der Waals surface area contributed by atoms with Crippen LogP contribution >= 0.6 is 46.4 Å². The molecule has 652 valence electrons. The van der Waals surface area contributed by atoms with Crippen molar-refractivity contribution in [1.29, 1.82) is 0 Å². The Kier molecular flexibility index (Phi) is 59.2. The van der Waals surface area contributed by atoms with Gasteiger partial charge in [0, 0.05) is 57.9 Å². The van der Waals surface area contributed by atoms with Crippen LogP contribution in [0.5, 0.6) is 0 Å². The van der Waals surface area contributed by atoms with Crippen molar-refractivity contribution in [2.45, 2.75) is 187 Å². The first-order valence-electron chi connectivity index (χ1n) is 39.0. The van der Waals surface area contributed by atoms with Gasteiger partial charge in [-0.2, -0.15) is 6.42 Å². The molecule has 0 spiro atoms. The SMILES string of the molecule is C.C.CB(O)NC(C(=O)C(Cc1ccccc1)Cc1ccc(Cl)cc1F)C(C)C.CB(O)NC(C(=O)CCc1ccccc1)C(C)C.CB(O)NC(C(=O)O)C(C)C.CB(O)NC(C(=O)n1ccnc1)C(C)C.CB(O)NC(c1oc2cc(Cl)ccc2c(=O)c1Cc1ccccc1)C(C)C.O=C(Cl)c1ccc(Cl)cc1F.[Br-].[CH2-]Cc1ccccc1.[Mg+2]. The molecule has 33 heteroatoms. The second kappa shape index (κ2) is 61.6. The Morgan fingerprint density at radius 1 is 0.529 bits per heavy atom. The third-order valence-corrected chi connectivity index (χ3v) is 18.8. The van der Waals surface area contributed by atoms with Gasteiger partial charge in [-0.05, 0) is 159 Å². The Labute approximate surface area is 764 Å². The Balaban J connectivity index is 0. The summed E-state index contributed by atoms with van der Waals surface area (Å²) < 4.78 is 34.7. The van der Waals surface area contributed by atoms with Crippen molar-refractivity contribution in [2.75, 3.05) is 0 Å². The number of aryl methyl sites for hydroxylation is 1. The smallest absolute Gasteiger partial charge is 1.00 e. The van der Waals surface area contributed by atoms with Crippen molar-refractivity contribution in [2.24, 2.45) is 35.5 Å². The maximum Gasteiger partial charge on any atom is 2.00 e. The molecule has 2 aromatic heterocycles. The summed E-state index contributed by atoms with van der Waals surface area (Å²) in [5.74, 6) is -1.50. The maximum atomic E-state index is 14.3. The number of aromatic nitrogens is 2. The van der Waals surface area contributed by atoms with Gasteiger partial charge in [0.2, 0.25) is 5.91 Å². The molecule has 2 heterocycles. The fourth-order valence-corrected chi connectivity index (χ4v) is 12.6. The van der Waals surface area contributed by atoms with Gasteiger partial charge in [0.1, 0.15) is 41.1 Å². The van der Waals surface area contributed by atoms with E-state index in [1.165, 1.54) is 47.0 Å². The fraction of sp³-hybridized carbons (Fsp3) is 0.386. The summed E-state index contributed by atoms with van der Waals surface area (Å²) in [6, 6.07) is 50.9. The summed E-state index contributed by atoms with van der Waals surface area (Å²) in [6.45, 7) is 31.0. The number of aliphatic carboxylic acids is 1. The van der Waals surface area contributed by atoms with Gasteiger partial charge in [-0.15, -0.1) is 0 Å². The molecular weight excluding hydrogens is 1700 g/mol. The molecule has 6 unspecified atom stereocenters. The second-order valence-electron chi connectivity index (χ2n) is 29.9. The van der Waals surface area contributed by atoms with Crippen LogP contribution in [0.15, 0.2) is 204 Å². The Morgan fingerprint density at radius 2 is 0.950 bits per heavy atom. The zero-order valence-corrected chi connectivity index (χ0v) is 76.5. The quantitative estimate of drug-likeness (QED) is 0.0106. The van der Waals surface area contributed by atoms with Gasteiger partial charge in [-0.3, -0.25) is 33.3 Å². The van der Waals surface area contributed by atoms with Gasteiger partial charge in [0.05, 0.1) is 35.1 Å². The number of hydrogen-bond acceptors (Lipinski definition) is 18. The minimum Gasteiger partial charge on any atom is -1.00 e. The summed E-state index contributed by atoms with van der Waals surface area (Å²) in [7, 11) is -3.67. The van der Waals surface area contributed by atoms with Crippen LogP contribution in [0.4, 0.5) is 8.78 Å². The van der Waals surface area contributed by atoms with E-state index < -0.39 is 82.1 Å². The van der Waals surface area contributed by atoms with Gasteiger partial charge in [-0.1, -0.05) is 252 Å². The molecule has 0 fully saturated rings. The fourth-order valence-electron chi connectivity index (χ4n) is 12.0. The van der Waals surface area contributed by atoms with Crippen LogP contribution in [0.1, 0.15) is 151 Å². The predicted octanol–water partition coefficient (Wildman–Crippen LogP) is 13.4. The average molecular weight is 1820 g/mol. The molecule has 0 aliphatic heterocycles. The van der Waals surface area contributed by atoms with Gasteiger partial charge in [-0.25, -0.2) is 13.8 Å². The molecule has 7 aromatic carbocycles. The monoisotopic (exact) mass is 1820 g/mol. The van der Waals surface area contributed by atoms with E-state index in [0.717, 1.165) is 30.0 Å². The van der Waals surface area contributed by atoms with Crippen molar-refractivity contribution in [1.82, 2.24) is 35.7 Å². The normalized spacial score (nSPS) is 11.9. The average Bonchev–Trinajstić information content (AvgIpc) is 0.875. The van der Waals surface area contributed by atoms with E-state index in [-0.39, 0.29) is 136 Å². The molecule has 121 heavy (non-hydrogen) atoms. The van der Waals surface area contributed by atoms with E-state index in [9.17, 15) is 57.6 Å². The van der Waals surface area contributed by atoms with Crippen LogP contribution in [0.3, 0.4) is 0 Å². The predicted molar refractivity (Wildman–Crippen MR) is 494 cm³/mol. The summed E-state index contributed by atoms with van der Waals surface area (Å²) in [5, 5.41) is 70.8. The number of rotatable bonds is 32. The van der Waals surface area contributed by atoms with E-state index in [1.54, 1.807) is 83.9 Å². The topological polar surface area (TPSA) is 315 Å². The Hall–Kier alpha value is -6.70. The molecule has 0 bridgehead atoms. The number of nitrogens with one attached hydrogen (secondary N) is 5. The number of carbonyl (C=O) groups is 5. The number of halogens is 7. The number of benzene rings is 7. The van der Waals surface area contributed by atoms with E-state index in [2.05, 4.69) is 50.2 Å². The van der Waals surface area contributed by atoms with E-state index in [1.807, 2.05) is 165 Å². The van der Waals surface area contributed by atoms with Gasteiger partial charge in [0.25, 0.3) is 5.24 Å². The first-order chi connectivity index (χ1) is 55.1. The van der Waals surface area contributed by atoms with Gasteiger partial charge < -0.3 is 84.7 Å². The van der Waals surface area contributed by atoms with Gasteiger partial charge >= 0.3 is 64.3 Å². The van der Waals surface area contributed by atoms with Crippen molar-refractivity contribution < 1.29 is 84.4 Å². The molecule has 0 saturated heterocycles. The van der Waals surface area contributed by atoms with Crippen molar-refractivity contribution in [3.05, 3.63) is 283 Å². The van der Waals surface area contributed by atoms with Crippen LogP contribution in [-0.2, 0) is 46.5 Å². The number of hydrogen-bond donors (Lipinski definition) is 11. The standard InChI is InChI=1S/C21H26BClFNO2.C21H23BClNO3.C14H22BNO2.C9H16BN3O2.C8H9.C7H3Cl2FO.C6H14BNO3.2CH4.BrH.Mg/c1-14(2)20(25-22(3)27)21(26)17(11-15-7-5-4-6-8-15)12-16-9-10-18(23)13-19(16)24;1-13(2)19(24-22(3)26)21-17(11-14-7-5-4-6-8-14)20(25)16-10-9-15(23)12-18(16)27-21;1-11(2)14(16-15(3)18)13(17)10-9-12-7-5-4-6-8-12;1-7(2)8(12-10(3)15)9(14)13-5-4-11-6-13;1-2-8-6-4-3-5-7-8;8-4-1-2-5(7(9)11)6(10)3-4;1-4(2)5(6(9)10)8-7(3)11;;;;/h4-10,13-14,17,20,25,27H,11-12H2,1-3H3;4-10,12-13,19,24,26H,11H2,1-3H3;4-8,11,14,16,18H,9-10H2,1-3H3;4-8,12,15H,1-3H3;3-7H,1-2H2;1-3H;4-5,8,11H,1-3H3,(H,9,10);2*1H4;1H;/q;;;;-1;;;;;;+2/p-1. The van der Waals surface area contributed by atoms with Crippen molar-refractivity contribution >= 4 is 144 Å². The molecule has 0 radical (unpaired) electrons. The van der Waals surface area contributed by atoms with Crippen LogP contribution in [-0.4, -0.2) is 151 Å². The summed E-state index contributed by atoms with van der Waals surface area (Å²) >= 11 is 22.4. The minimum atomic E-state index is -0.930. The summed E-state index contributed by atoms with van der Waals surface area (Å²) in [4.78, 5) is 75.4. The molecule has 0 amide bonds. The van der Waals surface area contributed by atoms with Crippen LogP contribution in [0, 0.1) is 54.1 Å². The Bertz CT molecular complexity index is 4490. The Morgan fingerprint density at radius 3 is 1.36 bits per heavy atom. The van der Waals surface area contributed by atoms with E-state index in [0.29, 0.717) is 57.2 Å². The number of nitrogens with zero attached hydrogens (tertiary/aromatic N) is 2. The number of Topliss-reactive ketones (excluding diaryl/α,β-unsaturated/α-hetero) is 2. The number of carboxylic acids is 1. The number of carboxylic acid groups (broad SMARTS) is 1. The number of imidazole rings is 1. The molecule has 20 nitrogen and oxygen atoms in total. The number of carbonyl (C=O) groups excluding carboxylic acids is 4. The molecule has 9 rings (SSSR count). The van der Waals surface area contributed by atoms with Crippen LogP contribution in [0.2, 0.25) is 49.2 Å². The third-order valence-electron chi connectivity index (χ3n) is 17.9. The van der Waals surface area contributed by atoms with E-state index in [4.69, 9.17) is 61.0 Å². The molecule has 6 atom stereocenters. The minimum absolute atomic E-state index is 0. The molecule has 0 saturated carbocycles. The van der Waals surface area contributed by atoms with E-state index >= 15 is 0 Å². The maximum absolute atomic E-state index is 14.3. The zero-order chi connectivity index (χ0) is 87.8. The largest absolute Gasteiger partial charge is 2.00 e.